The van der Waals surface area contributed by atoms with Gasteiger partial charge in [-0.3, -0.25) is 0 Å². The molecule has 2 aliphatic heterocycles. The van der Waals surface area contributed by atoms with Crippen molar-refractivity contribution in [2.24, 2.45) is 0 Å². The molecule has 4 heterocycles. The van der Waals surface area contributed by atoms with Crippen LogP contribution in [-0.2, 0) is 16.0 Å². The molecule has 10 nitrogen and oxygen atoms in total. The second-order valence-corrected chi connectivity index (χ2v) is 13.6. The number of hydrogen-bond acceptors (Lipinski definition) is 10. The number of nitrogen functional groups attached to an aromatic ring is 1. The van der Waals surface area contributed by atoms with Crippen LogP contribution in [0.2, 0.25) is 0 Å². The standard InChI is InChI=1S/C28H33F5N6O4S/c1-13-11-36-25-19-24(38-27(39-25)42-12-16-6-4-5-9-44(16,40)41)22(30)23(37-26(19)43-14(2)7-8-35-13)17-10-18(34)21(29)15(3)20(17)28(31,32)33/h10,13-14,16,35H,4-9,11-12,34H2,1-3H3,(H,36,38,39)/t13?,14-,16?/m0/s1. The Kier molecular flexibility index (Phi) is 8.77. The maximum Gasteiger partial charge on any atom is 0.417 e. The number of benzene rings is 1. The number of aromatic nitrogens is 3. The lowest BCUT2D eigenvalue weighted by molar-refractivity contribution is -0.137. The first-order valence-electron chi connectivity index (χ1n) is 14.2. The van der Waals surface area contributed by atoms with Crippen molar-refractivity contribution in [3.8, 4) is 23.1 Å². The summed E-state index contributed by atoms with van der Waals surface area (Å²) in [6, 6.07) is 0.209. The van der Waals surface area contributed by atoms with Gasteiger partial charge in [-0.2, -0.15) is 23.1 Å². The highest BCUT2D eigenvalue weighted by atomic mass is 32.2. The largest absolute Gasteiger partial charge is 0.474 e. The molecular formula is C28H33F5N6O4S. The van der Waals surface area contributed by atoms with Gasteiger partial charge >= 0.3 is 12.2 Å². The molecule has 1 saturated heterocycles. The van der Waals surface area contributed by atoms with Crippen molar-refractivity contribution in [1.82, 2.24) is 20.3 Å². The number of alkyl halides is 3. The van der Waals surface area contributed by atoms with E-state index in [0.717, 1.165) is 6.92 Å². The van der Waals surface area contributed by atoms with Crippen molar-refractivity contribution in [2.45, 2.75) is 70.0 Å². The smallest absolute Gasteiger partial charge is 0.417 e. The van der Waals surface area contributed by atoms with E-state index in [0.29, 0.717) is 44.8 Å². The Balaban J connectivity index is 1.75. The van der Waals surface area contributed by atoms with Crippen molar-refractivity contribution in [2.75, 3.05) is 36.5 Å². The number of halogens is 5. The summed E-state index contributed by atoms with van der Waals surface area (Å²) in [6.45, 7) is 5.05. The molecule has 0 bridgehead atoms. The molecule has 2 aromatic heterocycles. The summed E-state index contributed by atoms with van der Waals surface area (Å²) in [6.07, 6.45) is -3.54. The van der Waals surface area contributed by atoms with Gasteiger partial charge in [0.2, 0.25) is 5.88 Å². The molecule has 0 radical (unpaired) electrons. The van der Waals surface area contributed by atoms with Crippen LogP contribution in [0.15, 0.2) is 6.07 Å². The van der Waals surface area contributed by atoms with Crippen molar-refractivity contribution in [1.29, 1.82) is 0 Å². The monoisotopic (exact) mass is 644 g/mol. The van der Waals surface area contributed by atoms with Crippen LogP contribution >= 0.6 is 0 Å². The predicted octanol–water partition coefficient (Wildman–Crippen LogP) is 4.79. The number of hydrogen-bond donors (Lipinski definition) is 3. The SMILES string of the molecule is Cc1c(F)c(N)cc(-c2nc3c4c(nc(OCC5CCCCS5(=O)=O)nc4c2F)NCC(C)NCC[C@H](C)O3)c1C(F)(F)F. The van der Waals surface area contributed by atoms with E-state index in [4.69, 9.17) is 15.2 Å². The molecule has 3 atom stereocenters. The maximum atomic E-state index is 16.5. The summed E-state index contributed by atoms with van der Waals surface area (Å²) in [5.74, 6) is -2.78. The van der Waals surface area contributed by atoms with Gasteiger partial charge in [0.15, 0.2) is 15.7 Å². The van der Waals surface area contributed by atoms with Gasteiger partial charge in [0.1, 0.15) is 34.8 Å². The molecule has 0 aliphatic carbocycles. The summed E-state index contributed by atoms with van der Waals surface area (Å²) < 4.78 is 111. The van der Waals surface area contributed by atoms with E-state index in [-0.39, 0.29) is 35.5 Å². The van der Waals surface area contributed by atoms with Crippen molar-refractivity contribution in [3.05, 3.63) is 28.8 Å². The normalized spacial score (nSPS) is 22.5. The number of ether oxygens (including phenoxy) is 2. The molecule has 1 aromatic carbocycles. The molecule has 0 saturated carbocycles. The second-order valence-electron chi connectivity index (χ2n) is 11.2. The average Bonchev–Trinajstić information content (AvgIpc) is 2.96. The number of nitrogens with one attached hydrogen (secondary N) is 2. The molecular weight excluding hydrogens is 611 g/mol. The van der Waals surface area contributed by atoms with Gasteiger partial charge in [-0.15, -0.1) is 0 Å². The molecule has 16 heteroatoms. The lowest BCUT2D eigenvalue weighted by atomic mass is 9.96. The Labute approximate surface area is 250 Å². The highest BCUT2D eigenvalue weighted by Crippen LogP contribution is 2.44. The Morgan fingerprint density at radius 1 is 1.11 bits per heavy atom. The van der Waals surface area contributed by atoms with Gasteiger partial charge in [-0.25, -0.2) is 22.2 Å². The van der Waals surface area contributed by atoms with Crippen LogP contribution in [0.5, 0.6) is 11.9 Å². The van der Waals surface area contributed by atoms with E-state index in [1.165, 1.54) is 0 Å². The van der Waals surface area contributed by atoms with E-state index in [1.54, 1.807) is 6.92 Å². The van der Waals surface area contributed by atoms with Crippen molar-refractivity contribution < 1.29 is 39.8 Å². The maximum absolute atomic E-state index is 16.5. The lowest BCUT2D eigenvalue weighted by Crippen LogP contribution is -2.34. The quantitative estimate of drug-likeness (QED) is 0.268. The first-order chi connectivity index (χ1) is 20.7. The van der Waals surface area contributed by atoms with Crippen molar-refractivity contribution in [3.63, 3.8) is 0 Å². The fourth-order valence-electron chi connectivity index (χ4n) is 5.43. The number of nitrogens with zero attached hydrogens (tertiary/aromatic N) is 3. The summed E-state index contributed by atoms with van der Waals surface area (Å²) in [5, 5.41) is 5.51. The van der Waals surface area contributed by atoms with Crippen LogP contribution in [-0.4, -0.2) is 66.2 Å². The zero-order chi connectivity index (χ0) is 32.0. The summed E-state index contributed by atoms with van der Waals surface area (Å²) in [5.41, 5.74) is 0.709. The molecule has 2 aliphatic rings. The molecule has 1 fully saturated rings. The lowest BCUT2D eigenvalue weighted by Gasteiger charge is -2.22. The Morgan fingerprint density at radius 2 is 1.86 bits per heavy atom. The third-order valence-electron chi connectivity index (χ3n) is 7.84. The first kappa shape index (κ1) is 31.9. The fraction of sp³-hybridized carbons (Fsp3) is 0.536. The van der Waals surface area contributed by atoms with Crippen LogP contribution in [0.25, 0.3) is 22.2 Å². The minimum Gasteiger partial charge on any atom is -0.474 e. The van der Waals surface area contributed by atoms with E-state index < -0.39 is 78.6 Å². The minimum absolute atomic E-state index is 0.0155. The molecule has 0 amide bonds. The fourth-order valence-corrected chi connectivity index (χ4v) is 7.17. The van der Waals surface area contributed by atoms with Crippen LogP contribution < -0.4 is 25.8 Å². The van der Waals surface area contributed by atoms with E-state index in [1.807, 2.05) is 6.92 Å². The van der Waals surface area contributed by atoms with Gasteiger partial charge in [-0.05, 0) is 58.2 Å². The van der Waals surface area contributed by atoms with Crippen molar-refractivity contribution >= 4 is 32.2 Å². The number of rotatable bonds is 4. The predicted molar refractivity (Wildman–Crippen MR) is 154 cm³/mol. The molecule has 44 heavy (non-hydrogen) atoms. The number of pyridine rings is 1. The number of anilines is 2. The molecule has 3 aromatic rings. The summed E-state index contributed by atoms with van der Waals surface area (Å²) in [7, 11) is -3.42. The van der Waals surface area contributed by atoms with E-state index >= 15 is 4.39 Å². The molecule has 0 spiro atoms. The van der Waals surface area contributed by atoms with Gasteiger partial charge in [0.05, 0.1) is 28.4 Å². The molecule has 2 unspecified atom stereocenters. The minimum atomic E-state index is -5.09. The summed E-state index contributed by atoms with van der Waals surface area (Å²) in [4.78, 5) is 12.7. The van der Waals surface area contributed by atoms with Gasteiger partial charge in [0, 0.05) is 18.2 Å². The van der Waals surface area contributed by atoms with Crippen LogP contribution in [0.1, 0.15) is 50.7 Å². The van der Waals surface area contributed by atoms with Crippen LogP contribution in [0.3, 0.4) is 0 Å². The van der Waals surface area contributed by atoms with Gasteiger partial charge < -0.3 is 25.8 Å². The molecule has 240 valence electrons. The first-order valence-corrected chi connectivity index (χ1v) is 15.9. The van der Waals surface area contributed by atoms with Crippen LogP contribution in [0.4, 0.5) is 33.5 Å². The molecule has 5 rings (SSSR count). The molecule has 4 N–H and O–H groups in total. The Hall–Kier alpha value is -3.53. The Morgan fingerprint density at radius 3 is 2.57 bits per heavy atom. The van der Waals surface area contributed by atoms with Gasteiger partial charge in [0.25, 0.3) is 0 Å². The van der Waals surface area contributed by atoms with Gasteiger partial charge in [-0.1, -0.05) is 6.42 Å². The van der Waals surface area contributed by atoms with E-state index in [9.17, 15) is 26.0 Å². The third kappa shape index (κ3) is 6.32. The number of sulfone groups is 1. The zero-order valence-corrected chi connectivity index (χ0v) is 25.1. The average molecular weight is 645 g/mol. The highest BCUT2D eigenvalue weighted by Gasteiger charge is 2.39. The Bertz CT molecular complexity index is 1690. The topological polar surface area (TPSA) is 141 Å². The highest BCUT2D eigenvalue weighted by molar-refractivity contribution is 7.92. The second kappa shape index (κ2) is 12.1. The van der Waals surface area contributed by atoms with Crippen LogP contribution in [0, 0.1) is 18.6 Å². The van der Waals surface area contributed by atoms with E-state index in [2.05, 4.69) is 25.6 Å². The number of nitrogens with two attached hydrogens (primary N) is 1. The summed E-state index contributed by atoms with van der Waals surface area (Å²) >= 11 is 0. The zero-order valence-electron chi connectivity index (χ0n) is 24.3. The third-order valence-corrected chi connectivity index (χ3v) is 10.1.